The lowest BCUT2D eigenvalue weighted by atomic mass is 10.2. The number of amides is 1. The molecule has 2 N–H and O–H groups in total. The molecule has 28 heavy (non-hydrogen) atoms. The Labute approximate surface area is 170 Å². The summed E-state index contributed by atoms with van der Waals surface area (Å²) in [5.41, 5.74) is 2.12. The van der Waals surface area contributed by atoms with E-state index in [9.17, 15) is 4.79 Å². The van der Waals surface area contributed by atoms with Crippen LogP contribution in [-0.2, 0) is 4.79 Å². The molecule has 0 unspecified atom stereocenters. The van der Waals surface area contributed by atoms with Gasteiger partial charge < -0.3 is 19.9 Å². The van der Waals surface area contributed by atoms with Crippen LogP contribution in [0.25, 0.3) is 0 Å². The van der Waals surface area contributed by atoms with Crippen molar-refractivity contribution in [3.63, 3.8) is 0 Å². The van der Waals surface area contributed by atoms with Crippen LogP contribution >= 0.6 is 11.6 Å². The first kappa shape index (κ1) is 20.0. The molecule has 3 rings (SSSR count). The molecular weight excluding hydrogens is 376 g/mol. The Morgan fingerprint density at radius 3 is 2.71 bits per heavy atom. The third kappa shape index (κ3) is 4.94. The third-order valence-corrected chi connectivity index (χ3v) is 5.07. The van der Waals surface area contributed by atoms with Gasteiger partial charge in [-0.1, -0.05) is 23.7 Å². The van der Waals surface area contributed by atoms with E-state index in [-0.39, 0.29) is 5.91 Å². The molecule has 2 aromatic carbocycles. The van der Waals surface area contributed by atoms with Gasteiger partial charge in [0, 0.05) is 5.69 Å². The molecule has 1 saturated heterocycles. The zero-order chi connectivity index (χ0) is 19.9. The molecule has 0 atom stereocenters. The Bertz CT molecular complexity index is 873. The minimum Gasteiger partial charge on any atom is -0.492 e. The second-order valence-corrected chi connectivity index (χ2v) is 7.08. The Morgan fingerprint density at radius 2 is 2.04 bits per heavy atom. The van der Waals surface area contributed by atoms with E-state index in [2.05, 4.69) is 16.3 Å². The highest BCUT2D eigenvalue weighted by molar-refractivity contribution is 6.32. The molecular formula is C21H24ClN4O2+. The summed E-state index contributed by atoms with van der Waals surface area (Å²) in [5, 5.41) is 12.1. The molecule has 2 aromatic rings. The molecule has 0 bridgehead atoms. The molecule has 0 spiro atoms. The van der Waals surface area contributed by atoms with E-state index >= 15 is 0 Å². The lowest BCUT2D eigenvalue weighted by molar-refractivity contribution is -0.892. The quantitative estimate of drug-likeness (QED) is 0.779. The number of carbonyl (C=O) groups is 1. The van der Waals surface area contributed by atoms with Crippen molar-refractivity contribution in [1.29, 1.82) is 5.26 Å². The smallest absolute Gasteiger partial charge is 0.279 e. The highest BCUT2D eigenvalue weighted by Gasteiger charge is 2.24. The second kappa shape index (κ2) is 9.45. The Morgan fingerprint density at radius 1 is 1.29 bits per heavy atom. The van der Waals surface area contributed by atoms with Crippen molar-refractivity contribution in [2.45, 2.75) is 6.92 Å². The van der Waals surface area contributed by atoms with Gasteiger partial charge in [-0.15, -0.1) is 0 Å². The lowest BCUT2D eigenvalue weighted by Crippen LogP contribution is -3.15. The van der Waals surface area contributed by atoms with Gasteiger partial charge in [-0.2, -0.15) is 5.26 Å². The van der Waals surface area contributed by atoms with Gasteiger partial charge in [0.1, 0.15) is 11.8 Å². The average molecular weight is 400 g/mol. The zero-order valence-electron chi connectivity index (χ0n) is 15.9. The summed E-state index contributed by atoms with van der Waals surface area (Å²) >= 11 is 6.02. The molecule has 0 saturated carbocycles. The SMILES string of the molecule is CCOc1ccccc1N1CC[NH+](CC(=O)Nc2ccc(C#N)c(Cl)c2)CC1. The number of carbonyl (C=O) groups excluding carboxylic acids is 1. The predicted octanol–water partition coefficient (Wildman–Crippen LogP) is 1.95. The minimum absolute atomic E-state index is 0.0565. The summed E-state index contributed by atoms with van der Waals surface area (Å²) in [5.74, 6) is 0.850. The summed E-state index contributed by atoms with van der Waals surface area (Å²) in [7, 11) is 0. The van der Waals surface area contributed by atoms with E-state index in [0.29, 0.717) is 29.4 Å². The van der Waals surface area contributed by atoms with E-state index in [4.69, 9.17) is 21.6 Å². The number of benzene rings is 2. The van der Waals surface area contributed by atoms with E-state index in [0.717, 1.165) is 37.6 Å². The molecule has 6 nitrogen and oxygen atoms in total. The molecule has 0 radical (unpaired) electrons. The highest BCUT2D eigenvalue weighted by Crippen LogP contribution is 2.27. The van der Waals surface area contributed by atoms with E-state index in [1.54, 1.807) is 18.2 Å². The van der Waals surface area contributed by atoms with Crippen LogP contribution in [0.1, 0.15) is 12.5 Å². The standard InChI is InChI=1S/C21H23ClN4O2/c1-2-28-20-6-4-3-5-19(20)26-11-9-25(10-12-26)15-21(27)24-17-8-7-16(14-23)18(22)13-17/h3-8,13H,2,9-12,15H2,1H3,(H,24,27)/p+1. The van der Waals surface area contributed by atoms with Crippen LogP contribution in [0, 0.1) is 11.3 Å². The lowest BCUT2D eigenvalue weighted by Gasteiger charge is -2.34. The van der Waals surface area contributed by atoms with Crippen molar-refractivity contribution in [2.75, 3.05) is 49.5 Å². The molecule has 1 fully saturated rings. The van der Waals surface area contributed by atoms with Crippen LogP contribution in [-0.4, -0.2) is 45.2 Å². The maximum Gasteiger partial charge on any atom is 0.279 e. The fraction of sp³-hybridized carbons (Fsp3) is 0.333. The third-order valence-electron chi connectivity index (χ3n) is 4.76. The number of nitriles is 1. The first-order valence-electron chi connectivity index (χ1n) is 9.40. The Balaban J connectivity index is 1.52. The van der Waals surface area contributed by atoms with E-state index in [1.807, 2.05) is 31.2 Å². The van der Waals surface area contributed by atoms with Gasteiger partial charge in [0.2, 0.25) is 0 Å². The molecule has 1 heterocycles. The molecule has 146 valence electrons. The van der Waals surface area contributed by atoms with Crippen LogP contribution in [0.5, 0.6) is 5.75 Å². The normalized spacial score (nSPS) is 14.4. The monoisotopic (exact) mass is 399 g/mol. The van der Waals surface area contributed by atoms with Crippen molar-refractivity contribution >= 4 is 28.9 Å². The van der Waals surface area contributed by atoms with E-state index < -0.39 is 0 Å². The molecule has 1 amide bonds. The number of piperazine rings is 1. The number of para-hydroxylation sites is 2. The van der Waals surface area contributed by atoms with Crippen LogP contribution in [0.15, 0.2) is 42.5 Å². The number of quaternary nitrogens is 1. The van der Waals surface area contributed by atoms with Crippen molar-refractivity contribution in [3.05, 3.63) is 53.1 Å². The second-order valence-electron chi connectivity index (χ2n) is 6.67. The fourth-order valence-corrected chi connectivity index (χ4v) is 3.58. The number of hydrogen-bond acceptors (Lipinski definition) is 4. The van der Waals surface area contributed by atoms with Gasteiger partial charge in [0.05, 0.1) is 49.1 Å². The summed E-state index contributed by atoms with van der Waals surface area (Å²) in [6.07, 6.45) is 0. The first-order valence-corrected chi connectivity index (χ1v) is 9.78. The number of rotatable bonds is 6. The zero-order valence-corrected chi connectivity index (χ0v) is 16.6. The number of anilines is 2. The highest BCUT2D eigenvalue weighted by atomic mass is 35.5. The molecule has 0 aliphatic carbocycles. The van der Waals surface area contributed by atoms with Crippen LogP contribution in [0.3, 0.4) is 0 Å². The molecule has 1 aliphatic rings. The topological polar surface area (TPSA) is 69.8 Å². The van der Waals surface area contributed by atoms with Gasteiger partial charge in [0.15, 0.2) is 6.54 Å². The maximum atomic E-state index is 12.4. The molecule has 0 aromatic heterocycles. The van der Waals surface area contributed by atoms with Gasteiger partial charge >= 0.3 is 0 Å². The van der Waals surface area contributed by atoms with Crippen LogP contribution in [0.4, 0.5) is 11.4 Å². The molecule has 7 heteroatoms. The minimum atomic E-state index is -0.0565. The van der Waals surface area contributed by atoms with Crippen molar-refractivity contribution in [2.24, 2.45) is 0 Å². The van der Waals surface area contributed by atoms with Crippen molar-refractivity contribution in [3.8, 4) is 11.8 Å². The van der Waals surface area contributed by atoms with Gasteiger partial charge in [-0.3, -0.25) is 4.79 Å². The maximum absolute atomic E-state index is 12.4. The molecule has 1 aliphatic heterocycles. The summed E-state index contributed by atoms with van der Waals surface area (Å²) in [6.45, 7) is 6.52. The average Bonchev–Trinajstić information content (AvgIpc) is 2.69. The predicted molar refractivity (Wildman–Crippen MR) is 110 cm³/mol. The van der Waals surface area contributed by atoms with Crippen molar-refractivity contribution < 1.29 is 14.4 Å². The summed E-state index contributed by atoms with van der Waals surface area (Å²) < 4.78 is 5.73. The van der Waals surface area contributed by atoms with E-state index in [1.165, 1.54) is 4.90 Å². The Hall–Kier alpha value is -2.75. The number of nitrogens with one attached hydrogen (secondary N) is 2. The van der Waals surface area contributed by atoms with Crippen LogP contribution < -0.4 is 19.9 Å². The number of nitrogens with zero attached hydrogens (tertiary/aromatic N) is 2. The van der Waals surface area contributed by atoms with Gasteiger partial charge in [-0.05, 0) is 37.3 Å². The summed E-state index contributed by atoms with van der Waals surface area (Å²) in [4.78, 5) is 15.9. The van der Waals surface area contributed by atoms with Crippen molar-refractivity contribution in [1.82, 2.24) is 0 Å². The van der Waals surface area contributed by atoms with Crippen LogP contribution in [0.2, 0.25) is 5.02 Å². The largest absolute Gasteiger partial charge is 0.492 e. The first-order chi connectivity index (χ1) is 13.6. The van der Waals surface area contributed by atoms with Gasteiger partial charge in [-0.25, -0.2) is 0 Å². The number of halogens is 1. The van der Waals surface area contributed by atoms with Gasteiger partial charge in [0.25, 0.3) is 5.91 Å². The summed E-state index contributed by atoms with van der Waals surface area (Å²) in [6, 6.07) is 15.0. The Kier molecular flexibility index (Phi) is 6.75. The number of ether oxygens (including phenoxy) is 1. The number of hydrogen-bond donors (Lipinski definition) is 2. The fourth-order valence-electron chi connectivity index (χ4n) is 3.35.